The zero-order chi connectivity index (χ0) is 15.1. The van der Waals surface area contributed by atoms with Crippen molar-refractivity contribution < 1.29 is 0 Å². The minimum absolute atomic E-state index is 0.124. The van der Waals surface area contributed by atoms with E-state index in [9.17, 15) is 4.79 Å². The van der Waals surface area contributed by atoms with E-state index < -0.39 is 0 Å². The molecule has 0 saturated heterocycles. The number of H-pyrrole nitrogens is 1. The molecule has 106 valence electrons. The molecule has 0 aliphatic carbocycles. The van der Waals surface area contributed by atoms with Crippen molar-refractivity contribution in [3.63, 3.8) is 0 Å². The summed E-state index contributed by atoms with van der Waals surface area (Å²) >= 11 is 3.65. The monoisotopic (exact) mass is 350 g/mol. The maximum atomic E-state index is 12.2. The second kappa shape index (κ2) is 5.07. The predicted molar refractivity (Wildman–Crippen MR) is 93.0 cm³/mol. The maximum absolute atomic E-state index is 12.2. The fourth-order valence-corrected chi connectivity index (χ4v) is 3.31. The Hall–Kier alpha value is -2.46. The molecule has 4 heteroatoms. The zero-order valence-electron chi connectivity index (χ0n) is 11.5. The molecule has 4 rings (SSSR count). The SMILES string of the molecule is O=c1[nH]c(-c2ccc3ccccc3c2Br)nc2ccccc12. The molecule has 0 amide bonds. The average Bonchev–Trinajstić information content (AvgIpc) is 2.55. The molecule has 4 aromatic rings. The van der Waals surface area contributed by atoms with Crippen molar-refractivity contribution in [1.29, 1.82) is 0 Å². The van der Waals surface area contributed by atoms with Gasteiger partial charge in [-0.2, -0.15) is 0 Å². The van der Waals surface area contributed by atoms with Gasteiger partial charge < -0.3 is 4.98 Å². The minimum atomic E-state index is -0.124. The number of rotatable bonds is 1. The molecular weight excluding hydrogens is 340 g/mol. The highest BCUT2D eigenvalue weighted by atomic mass is 79.9. The standard InChI is InChI=1S/C18H11BrN2O/c19-16-12-6-2-1-5-11(12)9-10-14(16)17-20-15-8-4-3-7-13(15)18(22)21-17/h1-10H,(H,20,21,22). The first kappa shape index (κ1) is 13.2. The molecule has 0 atom stereocenters. The lowest BCUT2D eigenvalue weighted by Crippen LogP contribution is -2.09. The van der Waals surface area contributed by atoms with Gasteiger partial charge >= 0.3 is 0 Å². The lowest BCUT2D eigenvalue weighted by Gasteiger charge is -2.08. The number of hydrogen-bond acceptors (Lipinski definition) is 2. The predicted octanol–water partition coefficient (Wildman–Crippen LogP) is 4.51. The first-order valence-electron chi connectivity index (χ1n) is 6.91. The fourth-order valence-electron chi connectivity index (χ4n) is 2.63. The highest BCUT2D eigenvalue weighted by Gasteiger charge is 2.11. The van der Waals surface area contributed by atoms with Gasteiger partial charge in [0.1, 0.15) is 5.82 Å². The number of benzene rings is 3. The van der Waals surface area contributed by atoms with Crippen molar-refractivity contribution in [1.82, 2.24) is 9.97 Å². The van der Waals surface area contributed by atoms with E-state index in [0.29, 0.717) is 16.7 Å². The van der Waals surface area contributed by atoms with Gasteiger partial charge in [-0.05, 0) is 44.9 Å². The van der Waals surface area contributed by atoms with E-state index in [2.05, 4.69) is 32.0 Å². The summed E-state index contributed by atoms with van der Waals surface area (Å²) in [5.74, 6) is 0.571. The molecule has 1 heterocycles. The molecule has 0 unspecified atom stereocenters. The number of nitrogens with one attached hydrogen (secondary N) is 1. The molecule has 0 bridgehead atoms. The molecule has 1 aromatic heterocycles. The second-order valence-corrected chi connectivity index (χ2v) is 5.87. The normalized spacial score (nSPS) is 11.1. The molecule has 3 aromatic carbocycles. The Morgan fingerprint density at radius 2 is 1.59 bits per heavy atom. The molecule has 3 nitrogen and oxygen atoms in total. The highest BCUT2D eigenvalue weighted by Crippen LogP contribution is 2.32. The van der Waals surface area contributed by atoms with Crippen LogP contribution in [0.15, 0.2) is 69.9 Å². The van der Waals surface area contributed by atoms with Crippen LogP contribution in [0.4, 0.5) is 0 Å². The lowest BCUT2D eigenvalue weighted by atomic mass is 10.1. The van der Waals surface area contributed by atoms with Gasteiger partial charge in [-0.1, -0.05) is 42.5 Å². The van der Waals surface area contributed by atoms with Crippen LogP contribution >= 0.6 is 15.9 Å². The van der Waals surface area contributed by atoms with Crippen LogP contribution in [0.1, 0.15) is 0 Å². The van der Waals surface area contributed by atoms with E-state index in [1.165, 1.54) is 0 Å². The summed E-state index contributed by atoms with van der Waals surface area (Å²) in [4.78, 5) is 19.7. The van der Waals surface area contributed by atoms with Crippen molar-refractivity contribution >= 4 is 37.6 Å². The Balaban J connectivity index is 2.03. The van der Waals surface area contributed by atoms with Crippen LogP contribution in [0.3, 0.4) is 0 Å². The van der Waals surface area contributed by atoms with E-state index in [1.807, 2.05) is 48.5 Å². The van der Waals surface area contributed by atoms with Crippen molar-refractivity contribution in [2.45, 2.75) is 0 Å². The molecule has 0 spiro atoms. The number of nitrogens with zero attached hydrogens (tertiary/aromatic N) is 1. The molecule has 22 heavy (non-hydrogen) atoms. The maximum Gasteiger partial charge on any atom is 0.259 e. The third-order valence-corrected chi connectivity index (χ3v) is 4.59. The molecular formula is C18H11BrN2O. The summed E-state index contributed by atoms with van der Waals surface area (Å²) in [6.07, 6.45) is 0. The third kappa shape index (κ3) is 2.04. The molecule has 1 N–H and O–H groups in total. The number of halogens is 1. The van der Waals surface area contributed by atoms with Gasteiger partial charge in [-0.25, -0.2) is 4.98 Å². The van der Waals surface area contributed by atoms with Gasteiger partial charge in [0.25, 0.3) is 5.56 Å². The Morgan fingerprint density at radius 1 is 0.864 bits per heavy atom. The Bertz CT molecular complexity index is 1070. The van der Waals surface area contributed by atoms with Crippen molar-refractivity contribution in [2.24, 2.45) is 0 Å². The quantitative estimate of drug-likeness (QED) is 0.549. The Morgan fingerprint density at radius 3 is 2.45 bits per heavy atom. The van der Waals surface area contributed by atoms with Crippen LogP contribution in [-0.4, -0.2) is 9.97 Å². The zero-order valence-corrected chi connectivity index (χ0v) is 13.1. The van der Waals surface area contributed by atoms with Crippen LogP contribution in [0, 0.1) is 0 Å². The highest BCUT2D eigenvalue weighted by molar-refractivity contribution is 9.10. The van der Waals surface area contributed by atoms with Gasteiger partial charge in [0.2, 0.25) is 0 Å². The number of aromatic nitrogens is 2. The number of fused-ring (bicyclic) bond motifs is 2. The van der Waals surface area contributed by atoms with Gasteiger partial charge in [-0.3, -0.25) is 4.79 Å². The van der Waals surface area contributed by atoms with Crippen LogP contribution in [-0.2, 0) is 0 Å². The number of aromatic amines is 1. The van der Waals surface area contributed by atoms with Crippen LogP contribution in [0.5, 0.6) is 0 Å². The van der Waals surface area contributed by atoms with E-state index >= 15 is 0 Å². The van der Waals surface area contributed by atoms with E-state index in [1.54, 1.807) is 6.07 Å². The van der Waals surface area contributed by atoms with Crippen molar-refractivity contribution in [3.8, 4) is 11.4 Å². The van der Waals surface area contributed by atoms with E-state index in [4.69, 9.17) is 0 Å². The summed E-state index contributed by atoms with van der Waals surface area (Å²) in [5.41, 5.74) is 1.45. The summed E-state index contributed by atoms with van der Waals surface area (Å²) in [6.45, 7) is 0. The van der Waals surface area contributed by atoms with Crippen molar-refractivity contribution in [3.05, 3.63) is 75.5 Å². The van der Waals surface area contributed by atoms with Crippen LogP contribution in [0.25, 0.3) is 33.1 Å². The number of hydrogen-bond donors (Lipinski definition) is 1. The molecule has 0 fully saturated rings. The van der Waals surface area contributed by atoms with E-state index in [0.717, 1.165) is 20.8 Å². The lowest BCUT2D eigenvalue weighted by molar-refractivity contribution is 1.18. The van der Waals surface area contributed by atoms with Crippen LogP contribution < -0.4 is 5.56 Å². The Labute approximate surface area is 134 Å². The largest absolute Gasteiger partial charge is 0.306 e. The second-order valence-electron chi connectivity index (χ2n) is 5.08. The molecule has 0 aliphatic rings. The first-order chi connectivity index (χ1) is 10.7. The molecule has 0 radical (unpaired) electrons. The van der Waals surface area contributed by atoms with Crippen molar-refractivity contribution in [2.75, 3.05) is 0 Å². The molecule has 0 aliphatic heterocycles. The van der Waals surface area contributed by atoms with Crippen LogP contribution in [0.2, 0.25) is 0 Å². The first-order valence-corrected chi connectivity index (χ1v) is 7.70. The van der Waals surface area contributed by atoms with Gasteiger partial charge in [0.15, 0.2) is 0 Å². The number of para-hydroxylation sites is 1. The van der Waals surface area contributed by atoms with Gasteiger partial charge in [0, 0.05) is 10.0 Å². The smallest absolute Gasteiger partial charge is 0.259 e. The average molecular weight is 351 g/mol. The van der Waals surface area contributed by atoms with Gasteiger partial charge in [0.05, 0.1) is 10.9 Å². The Kier molecular flexibility index (Phi) is 3.05. The summed E-state index contributed by atoms with van der Waals surface area (Å²) < 4.78 is 0.934. The summed E-state index contributed by atoms with van der Waals surface area (Å²) in [5, 5.41) is 2.83. The van der Waals surface area contributed by atoms with Gasteiger partial charge in [-0.15, -0.1) is 0 Å². The topological polar surface area (TPSA) is 45.8 Å². The molecule has 0 saturated carbocycles. The minimum Gasteiger partial charge on any atom is -0.306 e. The summed E-state index contributed by atoms with van der Waals surface area (Å²) in [6, 6.07) is 19.5. The summed E-state index contributed by atoms with van der Waals surface area (Å²) in [7, 11) is 0. The third-order valence-electron chi connectivity index (χ3n) is 3.73. The van der Waals surface area contributed by atoms with E-state index in [-0.39, 0.29) is 5.56 Å². The fraction of sp³-hybridized carbons (Fsp3) is 0.